The van der Waals surface area contributed by atoms with Crippen LogP contribution in [0.25, 0.3) is 0 Å². The van der Waals surface area contributed by atoms with Gasteiger partial charge in [-0.3, -0.25) is 5.10 Å². The van der Waals surface area contributed by atoms with E-state index in [2.05, 4.69) is 31.1 Å². The molecule has 118 valence electrons. The summed E-state index contributed by atoms with van der Waals surface area (Å²) in [5.74, 6) is -0.515. The molecule has 0 amide bonds. The van der Waals surface area contributed by atoms with Crippen LogP contribution in [0.3, 0.4) is 0 Å². The molecular weight excluding hydrogens is 374 g/mol. The van der Waals surface area contributed by atoms with Crippen LogP contribution in [0.4, 0.5) is 0 Å². The normalized spacial score (nSPS) is 13.9. The van der Waals surface area contributed by atoms with Crippen molar-refractivity contribution in [3.63, 3.8) is 0 Å². The summed E-state index contributed by atoms with van der Waals surface area (Å²) in [6, 6.07) is 4.86. The van der Waals surface area contributed by atoms with Crippen molar-refractivity contribution in [2.75, 3.05) is 0 Å². The van der Waals surface area contributed by atoms with Gasteiger partial charge < -0.3 is 9.84 Å². The molecule has 0 spiro atoms. The fourth-order valence-electron chi connectivity index (χ4n) is 1.96. The highest BCUT2D eigenvalue weighted by atomic mass is 79.9. The second kappa shape index (κ2) is 6.76. The van der Waals surface area contributed by atoms with Gasteiger partial charge >= 0.3 is 5.97 Å². The Morgan fingerprint density at radius 2 is 2.27 bits per heavy atom. The van der Waals surface area contributed by atoms with Crippen LogP contribution in [-0.2, 0) is 21.6 Å². The van der Waals surface area contributed by atoms with E-state index in [1.54, 1.807) is 32.0 Å². The second-order valence-electron chi connectivity index (χ2n) is 5.03. The van der Waals surface area contributed by atoms with E-state index in [-0.39, 0.29) is 28.9 Å². The Hall–Kier alpha value is -1.44. The highest BCUT2D eigenvalue weighted by Crippen LogP contribution is 2.34. The van der Waals surface area contributed by atoms with Gasteiger partial charge in [0.25, 0.3) is 0 Å². The Morgan fingerprint density at radius 1 is 1.55 bits per heavy atom. The minimum absolute atomic E-state index is 0.149. The number of esters is 1. The smallest absolute Gasteiger partial charge is 0.343 e. The Bertz CT molecular complexity index is 663. The summed E-state index contributed by atoms with van der Waals surface area (Å²) in [5.41, 5.74) is -1.72. The molecule has 8 heteroatoms. The van der Waals surface area contributed by atoms with Crippen LogP contribution in [0.15, 0.2) is 29.0 Å². The molecule has 0 saturated carbocycles. The summed E-state index contributed by atoms with van der Waals surface area (Å²) in [6.45, 7) is 3.41. The van der Waals surface area contributed by atoms with Crippen LogP contribution < -0.4 is 0 Å². The first-order valence-corrected chi connectivity index (χ1v) is 7.73. The van der Waals surface area contributed by atoms with Crippen LogP contribution >= 0.6 is 27.5 Å². The standard InChI is InChI=1S/C14H15BrClN3O3/c1-8(2)22-13(20)14(21,6-12-17-7-18-19-12)10-4-3-9(15)5-11(10)16/h3-5,7-8,21H,6H2,1-2H3,(H,17,18,19). The van der Waals surface area contributed by atoms with Gasteiger partial charge in [0.15, 0.2) is 11.4 Å². The number of ether oxygens (including phenoxy) is 1. The van der Waals surface area contributed by atoms with Gasteiger partial charge in [-0.15, -0.1) is 0 Å². The lowest BCUT2D eigenvalue weighted by Gasteiger charge is -2.27. The largest absolute Gasteiger partial charge is 0.461 e. The van der Waals surface area contributed by atoms with Gasteiger partial charge in [-0.05, 0) is 26.0 Å². The zero-order valence-electron chi connectivity index (χ0n) is 12.0. The zero-order valence-corrected chi connectivity index (χ0v) is 14.3. The van der Waals surface area contributed by atoms with Gasteiger partial charge in [0, 0.05) is 15.1 Å². The van der Waals surface area contributed by atoms with E-state index < -0.39 is 11.6 Å². The fraction of sp³-hybridized carbons (Fsp3) is 0.357. The Morgan fingerprint density at radius 3 is 2.82 bits per heavy atom. The van der Waals surface area contributed by atoms with Gasteiger partial charge in [-0.1, -0.05) is 33.6 Å². The summed E-state index contributed by atoms with van der Waals surface area (Å²) in [6.07, 6.45) is 0.844. The van der Waals surface area contributed by atoms with E-state index in [0.29, 0.717) is 0 Å². The lowest BCUT2D eigenvalue weighted by atomic mass is 9.90. The molecule has 1 unspecified atom stereocenters. The molecule has 22 heavy (non-hydrogen) atoms. The zero-order chi connectivity index (χ0) is 16.3. The van der Waals surface area contributed by atoms with Crippen LogP contribution in [0.1, 0.15) is 25.2 Å². The first kappa shape index (κ1) is 16.9. The van der Waals surface area contributed by atoms with Gasteiger partial charge in [-0.2, -0.15) is 5.10 Å². The molecule has 0 aliphatic heterocycles. The maximum Gasteiger partial charge on any atom is 0.343 e. The van der Waals surface area contributed by atoms with Crippen LogP contribution in [0.2, 0.25) is 5.02 Å². The molecule has 1 atom stereocenters. The van der Waals surface area contributed by atoms with Gasteiger partial charge in [0.2, 0.25) is 0 Å². The summed E-state index contributed by atoms with van der Waals surface area (Å²) >= 11 is 9.48. The first-order valence-electron chi connectivity index (χ1n) is 6.56. The Balaban J connectivity index is 2.46. The SMILES string of the molecule is CC(C)OC(=O)C(O)(Cc1nc[nH]n1)c1ccc(Br)cc1Cl. The minimum atomic E-state index is -1.97. The molecule has 0 bridgehead atoms. The maximum absolute atomic E-state index is 12.4. The minimum Gasteiger partial charge on any atom is -0.461 e. The van der Waals surface area contributed by atoms with Gasteiger partial charge in [-0.25, -0.2) is 9.78 Å². The van der Waals surface area contributed by atoms with E-state index in [1.807, 2.05) is 0 Å². The number of benzene rings is 1. The number of aromatic amines is 1. The van der Waals surface area contributed by atoms with Crippen molar-refractivity contribution in [3.8, 4) is 0 Å². The second-order valence-corrected chi connectivity index (χ2v) is 6.35. The van der Waals surface area contributed by atoms with E-state index >= 15 is 0 Å². The maximum atomic E-state index is 12.4. The highest BCUT2D eigenvalue weighted by molar-refractivity contribution is 9.10. The topological polar surface area (TPSA) is 88.1 Å². The molecule has 2 rings (SSSR count). The number of aliphatic hydroxyl groups is 1. The average Bonchev–Trinajstić information content (AvgIpc) is 2.90. The number of rotatable bonds is 5. The van der Waals surface area contributed by atoms with Crippen molar-refractivity contribution < 1.29 is 14.6 Å². The predicted octanol–water partition coefficient (Wildman–Crippen LogP) is 2.60. The molecule has 2 aromatic rings. The lowest BCUT2D eigenvalue weighted by molar-refractivity contribution is -0.171. The third-order valence-electron chi connectivity index (χ3n) is 2.94. The number of hydrogen-bond donors (Lipinski definition) is 2. The van der Waals surface area contributed by atoms with Crippen molar-refractivity contribution in [1.29, 1.82) is 0 Å². The third-order valence-corrected chi connectivity index (χ3v) is 3.74. The highest BCUT2D eigenvalue weighted by Gasteiger charge is 2.43. The first-order chi connectivity index (χ1) is 10.3. The van der Waals surface area contributed by atoms with Gasteiger partial charge in [0.1, 0.15) is 6.33 Å². The molecule has 0 fully saturated rings. The average molecular weight is 389 g/mol. The monoisotopic (exact) mass is 387 g/mol. The molecule has 0 aliphatic carbocycles. The molecule has 0 saturated heterocycles. The molecule has 1 aromatic carbocycles. The van der Waals surface area contributed by atoms with E-state index in [4.69, 9.17) is 16.3 Å². The van der Waals surface area contributed by atoms with Crippen molar-refractivity contribution in [2.45, 2.75) is 32.0 Å². The number of aromatic nitrogens is 3. The van der Waals surface area contributed by atoms with E-state index in [0.717, 1.165) is 4.47 Å². The number of halogens is 2. The van der Waals surface area contributed by atoms with Crippen LogP contribution in [0.5, 0.6) is 0 Å². The number of carbonyl (C=O) groups is 1. The van der Waals surface area contributed by atoms with Gasteiger partial charge in [0.05, 0.1) is 12.5 Å². The van der Waals surface area contributed by atoms with Crippen molar-refractivity contribution >= 4 is 33.5 Å². The molecular formula is C14H15BrClN3O3. The Kier molecular flexibility index (Phi) is 5.20. The number of H-pyrrole nitrogens is 1. The summed E-state index contributed by atoms with van der Waals surface area (Å²) in [7, 11) is 0. The number of hydrogen-bond acceptors (Lipinski definition) is 5. The van der Waals surface area contributed by atoms with Crippen molar-refractivity contribution in [2.24, 2.45) is 0 Å². The number of nitrogens with zero attached hydrogens (tertiary/aromatic N) is 2. The predicted molar refractivity (Wildman–Crippen MR) is 84.4 cm³/mol. The van der Waals surface area contributed by atoms with Crippen LogP contribution in [0, 0.1) is 0 Å². The molecule has 2 N–H and O–H groups in total. The van der Waals surface area contributed by atoms with E-state index in [9.17, 15) is 9.90 Å². The summed E-state index contributed by atoms with van der Waals surface area (Å²) in [4.78, 5) is 16.4. The van der Waals surface area contributed by atoms with Crippen molar-refractivity contribution in [1.82, 2.24) is 15.2 Å². The molecule has 1 heterocycles. The van der Waals surface area contributed by atoms with Crippen molar-refractivity contribution in [3.05, 3.63) is 45.4 Å². The molecule has 0 radical (unpaired) electrons. The summed E-state index contributed by atoms with van der Waals surface area (Å²) < 4.78 is 5.91. The van der Waals surface area contributed by atoms with Crippen LogP contribution in [-0.4, -0.2) is 32.4 Å². The third kappa shape index (κ3) is 3.66. The van der Waals surface area contributed by atoms with E-state index in [1.165, 1.54) is 6.33 Å². The Labute approximate surface area is 141 Å². The lowest BCUT2D eigenvalue weighted by Crippen LogP contribution is -2.41. The fourth-order valence-corrected chi connectivity index (χ4v) is 2.79. The molecule has 6 nitrogen and oxygen atoms in total. The number of nitrogens with one attached hydrogen (secondary N) is 1. The molecule has 0 aliphatic rings. The number of carbonyl (C=O) groups excluding carboxylic acids is 1. The quantitative estimate of drug-likeness (QED) is 0.769. The summed E-state index contributed by atoms with van der Waals surface area (Å²) in [5, 5.41) is 17.6. The molecule has 1 aromatic heterocycles.